The van der Waals surface area contributed by atoms with Crippen LogP contribution in [-0.4, -0.2) is 17.1 Å². The molecule has 0 unspecified atom stereocenters. The van der Waals surface area contributed by atoms with Gasteiger partial charge in [0.15, 0.2) is 0 Å². The van der Waals surface area contributed by atoms with Gasteiger partial charge in [0.05, 0.1) is 16.4 Å². The van der Waals surface area contributed by atoms with Crippen molar-refractivity contribution in [2.75, 3.05) is 0 Å². The van der Waals surface area contributed by atoms with E-state index < -0.39 is 0 Å². The molecule has 0 bridgehead atoms. The maximum absolute atomic E-state index is 12.2. The molecule has 0 radical (unpaired) electrons. The molecular formula is C21H15N3OS. The summed E-state index contributed by atoms with van der Waals surface area (Å²) in [6.07, 6.45) is 1.62. The molecule has 0 aliphatic carbocycles. The molecule has 26 heavy (non-hydrogen) atoms. The summed E-state index contributed by atoms with van der Waals surface area (Å²) in [6, 6.07) is 25.1. The summed E-state index contributed by atoms with van der Waals surface area (Å²) >= 11 is 1.64. The molecule has 0 fully saturated rings. The number of benzene rings is 3. The van der Waals surface area contributed by atoms with Gasteiger partial charge < -0.3 is 0 Å². The lowest BCUT2D eigenvalue weighted by molar-refractivity contribution is 0.0955. The first-order chi connectivity index (χ1) is 12.8. The fourth-order valence-electron chi connectivity index (χ4n) is 2.53. The third kappa shape index (κ3) is 3.53. The van der Waals surface area contributed by atoms with Crippen LogP contribution in [0, 0.1) is 0 Å². The number of nitrogens with zero attached hydrogens (tertiary/aromatic N) is 2. The summed E-state index contributed by atoms with van der Waals surface area (Å²) in [5, 5.41) is 4.94. The number of para-hydroxylation sites is 1. The lowest BCUT2D eigenvalue weighted by Crippen LogP contribution is -2.17. The number of carbonyl (C=O) groups excluding carboxylic acids is 1. The molecule has 0 aliphatic rings. The predicted molar refractivity (Wildman–Crippen MR) is 107 cm³/mol. The van der Waals surface area contributed by atoms with Crippen LogP contribution in [0.25, 0.3) is 20.8 Å². The summed E-state index contributed by atoms with van der Waals surface area (Å²) in [5.41, 5.74) is 6.02. The van der Waals surface area contributed by atoms with Crippen molar-refractivity contribution in [2.24, 2.45) is 5.10 Å². The highest BCUT2D eigenvalue weighted by molar-refractivity contribution is 7.21. The minimum absolute atomic E-state index is 0.243. The van der Waals surface area contributed by atoms with Gasteiger partial charge in [-0.05, 0) is 29.8 Å². The number of hydrazone groups is 1. The Morgan fingerprint density at radius 2 is 1.65 bits per heavy atom. The van der Waals surface area contributed by atoms with Crippen molar-refractivity contribution in [1.29, 1.82) is 0 Å². The standard InChI is InChI=1S/C21H15N3OS/c25-20(24-22-14-15-6-2-1-3-7-15)16-10-12-17(13-11-16)21-23-18-8-4-5-9-19(18)26-21/h1-14H,(H,24,25)/b22-14+. The van der Waals surface area contributed by atoms with Crippen molar-refractivity contribution < 1.29 is 4.79 Å². The topological polar surface area (TPSA) is 54.4 Å². The highest BCUT2D eigenvalue weighted by Gasteiger charge is 2.08. The van der Waals surface area contributed by atoms with Gasteiger partial charge in [-0.2, -0.15) is 5.10 Å². The zero-order chi connectivity index (χ0) is 17.8. The molecule has 0 atom stereocenters. The van der Waals surface area contributed by atoms with Crippen molar-refractivity contribution in [1.82, 2.24) is 10.4 Å². The minimum Gasteiger partial charge on any atom is -0.267 e. The number of amides is 1. The summed E-state index contributed by atoms with van der Waals surface area (Å²) in [6.45, 7) is 0. The third-order valence-electron chi connectivity index (χ3n) is 3.87. The first kappa shape index (κ1) is 16.2. The van der Waals surface area contributed by atoms with Gasteiger partial charge in [-0.1, -0.05) is 54.6 Å². The number of aromatic nitrogens is 1. The summed E-state index contributed by atoms with van der Waals surface area (Å²) < 4.78 is 1.15. The number of rotatable bonds is 4. The van der Waals surface area contributed by atoms with Crippen molar-refractivity contribution in [2.45, 2.75) is 0 Å². The second kappa shape index (κ2) is 7.29. The number of nitrogens with one attached hydrogen (secondary N) is 1. The molecule has 4 aromatic rings. The number of thiazole rings is 1. The molecule has 0 aliphatic heterocycles. The number of carbonyl (C=O) groups is 1. The zero-order valence-electron chi connectivity index (χ0n) is 13.8. The average molecular weight is 357 g/mol. The molecule has 126 valence electrons. The summed E-state index contributed by atoms with van der Waals surface area (Å²) in [5.74, 6) is -0.243. The smallest absolute Gasteiger partial charge is 0.267 e. The Balaban J connectivity index is 1.46. The Bertz CT molecular complexity index is 1040. The first-order valence-electron chi connectivity index (χ1n) is 8.14. The Morgan fingerprint density at radius 3 is 2.42 bits per heavy atom. The SMILES string of the molecule is O=C(N/N=C/c1ccccc1)c1ccc(-c2nc3ccccc3s2)cc1. The first-order valence-corrected chi connectivity index (χ1v) is 8.96. The molecule has 0 saturated carbocycles. The molecule has 4 nitrogen and oxygen atoms in total. The van der Waals surface area contributed by atoms with E-state index >= 15 is 0 Å². The molecule has 0 saturated heterocycles. The molecular weight excluding hydrogens is 342 g/mol. The number of fused-ring (bicyclic) bond motifs is 1. The van der Waals surface area contributed by atoms with Gasteiger partial charge in [0.2, 0.25) is 0 Å². The molecule has 1 aromatic heterocycles. The van der Waals surface area contributed by atoms with E-state index in [0.717, 1.165) is 26.4 Å². The second-order valence-electron chi connectivity index (χ2n) is 5.67. The Kier molecular flexibility index (Phi) is 4.53. The Morgan fingerprint density at radius 1 is 0.923 bits per heavy atom. The predicted octanol–water partition coefficient (Wildman–Crippen LogP) is 4.73. The van der Waals surface area contributed by atoms with E-state index in [1.165, 1.54) is 0 Å². The quantitative estimate of drug-likeness (QED) is 0.424. The molecule has 1 N–H and O–H groups in total. The number of hydrogen-bond donors (Lipinski definition) is 1. The van der Waals surface area contributed by atoms with Gasteiger partial charge in [-0.3, -0.25) is 4.79 Å². The van der Waals surface area contributed by atoms with Gasteiger partial charge in [0, 0.05) is 11.1 Å². The van der Waals surface area contributed by atoms with Crippen molar-refractivity contribution in [3.63, 3.8) is 0 Å². The van der Waals surface area contributed by atoms with Crippen LogP contribution < -0.4 is 5.43 Å². The van der Waals surface area contributed by atoms with Crippen LogP contribution >= 0.6 is 11.3 Å². The lowest BCUT2D eigenvalue weighted by Gasteiger charge is -2.01. The largest absolute Gasteiger partial charge is 0.271 e. The van der Waals surface area contributed by atoms with Crippen LogP contribution in [0.15, 0.2) is 84.0 Å². The van der Waals surface area contributed by atoms with Crippen LogP contribution in [-0.2, 0) is 0 Å². The molecule has 4 rings (SSSR count). The Labute approximate surface area is 154 Å². The average Bonchev–Trinajstić information content (AvgIpc) is 3.13. The summed E-state index contributed by atoms with van der Waals surface area (Å²) in [4.78, 5) is 16.8. The van der Waals surface area contributed by atoms with Gasteiger partial charge in [-0.15, -0.1) is 11.3 Å². The molecule has 1 amide bonds. The summed E-state index contributed by atoms with van der Waals surface area (Å²) in [7, 11) is 0. The molecule has 0 spiro atoms. The third-order valence-corrected chi connectivity index (χ3v) is 4.95. The fraction of sp³-hybridized carbons (Fsp3) is 0. The maximum Gasteiger partial charge on any atom is 0.271 e. The monoisotopic (exact) mass is 357 g/mol. The maximum atomic E-state index is 12.2. The van der Waals surface area contributed by atoms with E-state index in [0.29, 0.717) is 5.56 Å². The van der Waals surface area contributed by atoms with Crippen LogP contribution in [0.5, 0.6) is 0 Å². The zero-order valence-corrected chi connectivity index (χ0v) is 14.6. The van der Waals surface area contributed by atoms with Crippen LogP contribution in [0.2, 0.25) is 0 Å². The van der Waals surface area contributed by atoms with E-state index in [-0.39, 0.29) is 5.91 Å². The van der Waals surface area contributed by atoms with E-state index in [2.05, 4.69) is 21.6 Å². The molecule has 3 aromatic carbocycles. The van der Waals surface area contributed by atoms with Crippen molar-refractivity contribution in [3.05, 3.63) is 90.0 Å². The van der Waals surface area contributed by atoms with Gasteiger partial charge >= 0.3 is 0 Å². The highest BCUT2D eigenvalue weighted by Crippen LogP contribution is 2.29. The number of hydrogen-bond acceptors (Lipinski definition) is 4. The molecule has 1 heterocycles. The minimum atomic E-state index is -0.243. The van der Waals surface area contributed by atoms with Crippen LogP contribution in [0.4, 0.5) is 0 Å². The van der Waals surface area contributed by atoms with E-state index in [9.17, 15) is 4.79 Å². The fourth-order valence-corrected chi connectivity index (χ4v) is 3.50. The van der Waals surface area contributed by atoms with E-state index in [1.54, 1.807) is 29.7 Å². The Hall–Kier alpha value is -3.31. The van der Waals surface area contributed by atoms with Crippen molar-refractivity contribution in [3.8, 4) is 10.6 Å². The normalized spacial score (nSPS) is 11.1. The van der Waals surface area contributed by atoms with Gasteiger partial charge in [0.25, 0.3) is 5.91 Å². The molecule has 5 heteroatoms. The second-order valence-corrected chi connectivity index (χ2v) is 6.70. The van der Waals surface area contributed by atoms with Crippen LogP contribution in [0.3, 0.4) is 0 Å². The highest BCUT2D eigenvalue weighted by atomic mass is 32.1. The van der Waals surface area contributed by atoms with Crippen LogP contribution in [0.1, 0.15) is 15.9 Å². The van der Waals surface area contributed by atoms with E-state index in [4.69, 9.17) is 0 Å². The van der Waals surface area contributed by atoms with Gasteiger partial charge in [0.1, 0.15) is 5.01 Å². The van der Waals surface area contributed by atoms with Crippen molar-refractivity contribution >= 4 is 33.7 Å². The van der Waals surface area contributed by atoms with E-state index in [1.807, 2.05) is 60.7 Å². The lowest BCUT2D eigenvalue weighted by atomic mass is 10.1. The van der Waals surface area contributed by atoms with Gasteiger partial charge in [-0.25, -0.2) is 10.4 Å².